The summed E-state index contributed by atoms with van der Waals surface area (Å²) in [5.41, 5.74) is 2.28. The highest BCUT2D eigenvalue weighted by Gasteiger charge is 2.22. The number of phenolic OH excluding ortho intramolecular Hbond substituents is 1. The van der Waals surface area contributed by atoms with Crippen LogP contribution in [0.1, 0.15) is 18.2 Å². The predicted molar refractivity (Wildman–Crippen MR) is 127 cm³/mol. The Balaban J connectivity index is 1.61. The van der Waals surface area contributed by atoms with Crippen LogP contribution in [0.2, 0.25) is 0 Å². The number of anilines is 1. The summed E-state index contributed by atoms with van der Waals surface area (Å²) in [5.74, 6) is -0.0520. The van der Waals surface area contributed by atoms with Gasteiger partial charge in [0.25, 0.3) is 5.56 Å². The van der Waals surface area contributed by atoms with Crippen molar-refractivity contribution >= 4 is 44.9 Å². The minimum atomic E-state index is -0.427. The van der Waals surface area contributed by atoms with Crippen LogP contribution in [0.3, 0.4) is 0 Å². The van der Waals surface area contributed by atoms with Gasteiger partial charge < -0.3 is 15.4 Å². The number of hydrogen-bond acceptors (Lipinski definition) is 6. The molecular formula is C23H21N3O3S2. The summed E-state index contributed by atoms with van der Waals surface area (Å²) in [6, 6.07) is 16.1. The summed E-state index contributed by atoms with van der Waals surface area (Å²) in [7, 11) is 0. The Kier molecular flexibility index (Phi) is 6.11. The molecule has 1 atom stereocenters. The minimum Gasteiger partial charge on any atom is -0.508 e. The summed E-state index contributed by atoms with van der Waals surface area (Å²) in [6.45, 7) is 3.90. The maximum absolute atomic E-state index is 12.9. The number of rotatable bonds is 6. The van der Waals surface area contributed by atoms with Gasteiger partial charge in [-0.05, 0) is 43.2 Å². The molecule has 0 bridgehead atoms. The molecule has 0 fully saturated rings. The zero-order chi connectivity index (χ0) is 22.0. The van der Waals surface area contributed by atoms with E-state index >= 15 is 0 Å². The monoisotopic (exact) mass is 451 g/mol. The van der Waals surface area contributed by atoms with Crippen molar-refractivity contribution in [2.24, 2.45) is 0 Å². The molecule has 6 nitrogen and oxygen atoms in total. The van der Waals surface area contributed by atoms with Gasteiger partial charge in [-0.1, -0.05) is 49.0 Å². The second kappa shape index (κ2) is 8.95. The maximum Gasteiger partial charge on any atom is 0.260 e. The van der Waals surface area contributed by atoms with Gasteiger partial charge in [-0.2, -0.15) is 0 Å². The van der Waals surface area contributed by atoms with Crippen LogP contribution in [0.4, 0.5) is 5.69 Å². The number of carbonyl (C=O) groups is 1. The fraction of sp³-hybridized carbons (Fsp3) is 0.174. The fourth-order valence-electron chi connectivity index (χ4n) is 3.33. The van der Waals surface area contributed by atoms with Gasteiger partial charge in [0.05, 0.1) is 10.6 Å². The van der Waals surface area contributed by atoms with Crippen LogP contribution >= 0.6 is 23.1 Å². The highest BCUT2D eigenvalue weighted by atomic mass is 32.2. The Bertz CT molecular complexity index is 1280. The van der Waals surface area contributed by atoms with Crippen molar-refractivity contribution in [3.05, 3.63) is 69.8 Å². The number of benzene rings is 2. The largest absolute Gasteiger partial charge is 0.508 e. The lowest BCUT2D eigenvalue weighted by Crippen LogP contribution is -2.25. The normalized spacial score (nSPS) is 12.1. The standard InChI is InChI=1S/C23H21N3O3S2/c1-3-17(20(28)24-15-9-11-16(27)12-10-15)31-23-25-21(29)19-18(13(2)30-22(19)26-23)14-7-5-4-6-8-14/h4-12,17,27H,3H2,1-2H3,(H,24,28)(H,25,26,29). The zero-order valence-electron chi connectivity index (χ0n) is 17.0. The number of thioether (sulfide) groups is 1. The highest BCUT2D eigenvalue weighted by Crippen LogP contribution is 2.36. The number of phenols is 1. The third-order valence-electron chi connectivity index (χ3n) is 4.83. The number of fused-ring (bicyclic) bond motifs is 1. The van der Waals surface area contributed by atoms with Crippen LogP contribution in [0.15, 0.2) is 64.5 Å². The smallest absolute Gasteiger partial charge is 0.260 e. The molecule has 2 heterocycles. The SMILES string of the molecule is CCC(Sc1nc2sc(C)c(-c3ccccc3)c2c(=O)[nH]1)C(=O)Nc1ccc(O)cc1. The van der Waals surface area contributed by atoms with Gasteiger partial charge in [-0.15, -0.1) is 11.3 Å². The second-order valence-electron chi connectivity index (χ2n) is 7.00. The van der Waals surface area contributed by atoms with E-state index in [1.54, 1.807) is 12.1 Å². The van der Waals surface area contributed by atoms with E-state index in [-0.39, 0.29) is 17.2 Å². The first-order valence-electron chi connectivity index (χ1n) is 9.81. The number of nitrogens with zero attached hydrogens (tertiary/aromatic N) is 1. The van der Waals surface area contributed by atoms with Gasteiger partial charge >= 0.3 is 0 Å². The molecule has 1 amide bonds. The van der Waals surface area contributed by atoms with Crippen molar-refractivity contribution in [3.8, 4) is 16.9 Å². The van der Waals surface area contributed by atoms with Crippen LogP contribution in [0.25, 0.3) is 21.3 Å². The van der Waals surface area contributed by atoms with Crippen LogP contribution in [0, 0.1) is 6.92 Å². The van der Waals surface area contributed by atoms with Crippen molar-refractivity contribution in [1.82, 2.24) is 9.97 Å². The number of aromatic nitrogens is 2. The quantitative estimate of drug-likeness (QED) is 0.213. The lowest BCUT2D eigenvalue weighted by molar-refractivity contribution is -0.115. The molecule has 4 rings (SSSR count). The molecule has 0 aliphatic rings. The van der Waals surface area contributed by atoms with Crippen molar-refractivity contribution in [3.63, 3.8) is 0 Å². The Labute approximate surface area is 187 Å². The van der Waals surface area contributed by atoms with Crippen molar-refractivity contribution in [1.29, 1.82) is 0 Å². The number of carbonyl (C=O) groups excluding carboxylic acids is 1. The van der Waals surface area contributed by atoms with Gasteiger partial charge in [-0.3, -0.25) is 9.59 Å². The van der Waals surface area contributed by atoms with E-state index < -0.39 is 5.25 Å². The Morgan fingerprint density at radius 1 is 1.19 bits per heavy atom. The lowest BCUT2D eigenvalue weighted by atomic mass is 10.0. The average molecular weight is 452 g/mol. The van der Waals surface area contributed by atoms with E-state index in [9.17, 15) is 14.7 Å². The Morgan fingerprint density at radius 3 is 2.58 bits per heavy atom. The van der Waals surface area contributed by atoms with Crippen LogP contribution < -0.4 is 10.9 Å². The topological polar surface area (TPSA) is 95.1 Å². The summed E-state index contributed by atoms with van der Waals surface area (Å²) < 4.78 is 0. The zero-order valence-corrected chi connectivity index (χ0v) is 18.6. The number of hydrogen-bond donors (Lipinski definition) is 3. The third kappa shape index (κ3) is 4.50. The van der Waals surface area contributed by atoms with Crippen LogP contribution in [-0.4, -0.2) is 26.2 Å². The maximum atomic E-state index is 12.9. The van der Waals surface area contributed by atoms with Crippen molar-refractivity contribution in [2.45, 2.75) is 30.7 Å². The number of aromatic hydroxyl groups is 1. The minimum absolute atomic E-state index is 0.135. The molecule has 4 aromatic rings. The molecule has 0 saturated carbocycles. The van der Waals surface area contributed by atoms with E-state index in [1.165, 1.54) is 35.2 Å². The van der Waals surface area contributed by atoms with Crippen LogP contribution in [0.5, 0.6) is 5.75 Å². The molecule has 2 aromatic heterocycles. The number of aromatic amines is 1. The number of H-pyrrole nitrogens is 1. The number of nitrogens with one attached hydrogen (secondary N) is 2. The number of amides is 1. The third-order valence-corrected chi connectivity index (χ3v) is 7.08. The molecular weight excluding hydrogens is 430 g/mol. The van der Waals surface area contributed by atoms with Gasteiger partial charge in [-0.25, -0.2) is 4.98 Å². The van der Waals surface area contributed by atoms with Crippen LogP contribution in [-0.2, 0) is 4.79 Å². The predicted octanol–water partition coefficient (Wildman–Crippen LogP) is 5.18. The van der Waals surface area contributed by atoms with Gasteiger partial charge in [0, 0.05) is 16.1 Å². The van der Waals surface area contributed by atoms with Crippen molar-refractivity contribution < 1.29 is 9.90 Å². The Hall–Kier alpha value is -3.10. The van der Waals surface area contributed by atoms with E-state index in [0.29, 0.717) is 27.5 Å². The number of thiophene rings is 1. The molecule has 0 radical (unpaired) electrons. The molecule has 1 unspecified atom stereocenters. The molecule has 0 saturated heterocycles. The summed E-state index contributed by atoms with van der Waals surface area (Å²) in [5, 5.41) is 12.8. The van der Waals surface area contributed by atoms with E-state index in [0.717, 1.165) is 16.0 Å². The first-order valence-corrected chi connectivity index (χ1v) is 11.5. The summed E-state index contributed by atoms with van der Waals surface area (Å²) in [6.07, 6.45) is 0.565. The highest BCUT2D eigenvalue weighted by molar-refractivity contribution is 8.00. The Morgan fingerprint density at radius 2 is 1.90 bits per heavy atom. The molecule has 0 aliphatic heterocycles. The first kappa shape index (κ1) is 21.1. The molecule has 0 aliphatic carbocycles. The van der Waals surface area contributed by atoms with E-state index in [2.05, 4.69) is 15.3 Å². The molecule has 8 heteroatoms. The molecule has 0 spiro atoms. The van der Waals surface area contributed by atoms with Crippen molar-refractivity contribution in [2.75, 3.05) is 5.32 Å². The van der Waals surface area contributed by atoms with E-state index in [1.807, 2.05) is 44.2 Å². The first-order chi connectivity index (χ1) is 15.0. The molecule has 3 N–H and O–H groups in total. The fourth-order valence-corrected chi connectivity index (χ4v) is 5.33. The van der Waals surface area contributed by atoms with Gasteiger partial charge in [0.1, 0.15) is 10.6 Å². The molecule has 158 valence electrons. The second-order valence-corrected chi connectivity index (χ2v) is 9.40. The lowest BCUT2D eigenvalue weighted by Gasteiger charge is -2.14. The average Bonchev–Trinajstić information content (AvgIpc) is 3.10. The number of aryl methyl sites for hydroxylation is 1. The van der Waals surface area contributed by atoms with Gasteiger partial charge in [0.2, 0.25) is 5.91 Å². The molecule has 31 heavy (non-hydrogen) atoms. The summed E-state index contributed by atoms with van der Waals surface area (Å²) in [4.78, 5) is 34.8. The van der Waals surface area contributed by atoms with Gasteiger partial charge in [0.15, 0.2) is 5.16 Å². The molecule has 2 aromatic carbocycles. The van der Waals surface area contributed by atoms with E-state index in [4.69, 9.17) is 0 Å². The summed E-state index contributed by atoms with van der Waals surface area (Å²) >= 11 is 2.72.